The van der Waals surface area contributed by atoms with Gasteiger partial charge in [0.15, 0.2) is 11.0 Å². The minimum Gasteiger partial charge on any atom is -0.467 e. The Hall–Kier alpha value is -2.10. The number of aromatic nitrogens is 3. The van der Waals surface area contributed by atoms with Crippen LogP contribution >= 0.6 is 23.1 Å². The van der Waals surface area contributed by atoms with E-state index in [1.165, 1.54) is 11.8 Å². The molecular formula is C20H25N5O2S2. The molecule has 0 spiro atoms. The summed E-state index contributed by atoms with van der Waals surface area (Å²) in [7, 11) is 4.07. The number of hydrogen-bond acceptors (Lipinski definition) is 7. The molecule has 0 radical (unpaired) electrons. The highest BCUT2D eigenvalue weighted by Gasteiger charge is 2.28. The first-order valence-corrected chi connectivity index (χ1v) is 11.5. The Morgan fingerprint density at radius 1 is 1.28 bits per heavy atom. The summed E-state index contributed by atoms with van der Waals surface area (Å²) >= 11 is 3.07. The van der Waals surface area contributed by atoms with Crippen molar-refractivity contribution in [1.29, 1.82) is 0 Å². The van der Waals surface area contributed by atoms with Gasteiger partial charge in [-0.3, -0.25) is 4.79 Å². The first-order chi connectivity index (χ1) is 14.1. The van der Waals surface area contributed by atoms with E-state index < -0.39 is 0 Å². The van der Waals surface area contributed by atoms with Crippen LogP contribution in [0.4, 0.5) is 0 Å². The third-order valence-corrected chi connectivity index (χ3v) is 7.13. The fourth-order valence-corrected chi connectivity index (χ4v) is 5.11. The highest BCUT2D eigenvalue weighted by molar-refractivity contribution is 7.99. The molecule has 0 aromatic carbocycles. The van der Waals surface area contributed by atoms with Gasteiger partial charge in [-0.2, -0.15) is 0 Å². The van der Waals surface area contributed by atoms with Crippen LogP contribution in [-0.4, -0.2) is 62.4 Å². The molecule has 3 aromatic heterocycles. The van der Waals surface area contributed by atoms with Crippen molar-refractivity contribution in [1.82, 2.24) is 24.6 Å². The lowest BCUT2D eigenvalue weighted by molar-refractivity contribution is -0.132. The zero-order chi connectivity index (χ0) is 20.2. The van der Waals surface area contributed by atoms with Crippen molar-refractivity contribution in [2.45, 2.75) is 30.6 Å². The summed E-state index contributed by atoms with van der Waals surface area (Å²) in [6, 6.07) is 8.06. The number of carbonyl (C=O) groups excluding carboxylic acids is 1. The Labute approximate surface area is 178 Å². The molecule has 1 amide bonds. The molecule has 1 aliphatic rings. The van der Waals surface area contributed by atoms with Crippen molar-refractivity contribution in [2.24, 2.45) is 7.05 Å². The van der Waals surface area contributed by atoms with E-state index in [9.17, 15) is 4.79 Å². The lowest BCUT2D eigenvalue weighted by Gasteiger charge is -2.37. The van der Waals surface area contributed by atoms with E-state index in [4.69, 9.17) is 4.42 Å². The molecule has 0 bridgehead atoms. The van der Waals surface area contributed by atoms with Crippen LogP contribution in [0.25, 0.3) is 10.7 Å². The number of amides is 1. The molecular weight excluding hydrogens is 406 g/mol. The minimum atomic E-state index is 0.113. The number of likely N-dealkylation sites (tertiary alicyclic amines) is 1. The lowest BCUT2D eigenvalue weighted by atomic mass is 10.0. The molecule has 1 saturated heterocycles. The van der Waals surface area contributed by atoms with E-state index in [0.717, 1.165) is 47.5 Å². The van der Waals surface area contributed by atoms with Gasteiger partial charge in [-0.25, -0.2) is 0 Å². The van der Waals surface area contributed by atoms with Gasteiger partial charge in [-0.15, -0.1) is 21.5 Å². The van der Waals surface area contributed by atoms with E-state index in [1.54, 1.807) is 17.6 Å². The smallest absolute Gasteiger partial charge is 0.233 e. The van der Waals surface area contributed by atoms with Gasteiger partial charge in [-0.05, 0) is 56.6 Å². The Balaban J connectivity index is 1.44. The number of nitrogens with zero attached hydrogens (tertiary/aromatic N) is 5. The van der Waals surface area contributed by atoms with Crippen LogP contribution in [0, 0.1) is 0 Å². The van der Waals surface area contributed by atoms with Crippen molar-refractivity contribution in [2.75, 3.05) is 25.9 Å². The number of hydrogen-bond donors (Lipinski definition) is 0. The fraction of sp³-hybridized carbons (Fsp3) is 0.450. The number of piperidine rings is 1. The fourth-order valence-electron chi connectivity index (χ4n) is 3.57. The molecule has 154 valence electrons. The number of carbonyl (C=O) groups is 1. The maximum absolute atomic E-state index is 13.2. The molecule has 0 aliphatic carbocycles. The molecule has 1 aliphatic heterocycles. The van der Waals surface area contributed by atoms with E-state index in [0.29, 0.717) is 12.3 Å². The lowest BCUT2D eigenvalue weighted by Crippen LogP contribution is -2.46. The van der Waals surface area contributed by atoms with E-state index in [2.05, 4.69) is 22.1 Å². The third kappa shape index (κ3) is 4.73. The molecule has 3 aromatic rings. The predicted octanol–water partition coefficient (Wildman–Crippen LogP) is 3.35. The van der Waals surface area contributed by atoms with Crippen molar-refractivity contribution in [3.05, 3.63) is 41.7 Å². The van der Waals surface area contributed by atoms with Crippen molar-refractivity contribution >= 4 is 29.0 Å². The Morgan fingerprint density at radius 3 is 2.79 bits per heavy atom. The largest absolute Gasteiger partial charge is 0.467 e. The second-order valence-electron chi connectivity index (χ2n) is 7.27. The summed E-state index contributed by atoms with van der Waals surface area (Å²) in [6.45, 7) is 2.53. The topological polar surface area (TPSA) is 67.4 Å². The molecule has 4 rings (SSSR count). The Morgan fingerprint density at radius 2 is 2.10 bits per heavy atom. The number of rotatable bonds is 7. The average molecular weight is 432 g/mol. The summed E-state index contributed by atoms with van der Waals surface area (Å²) in [6.07, 6.45) is 3.63. The maximum atomic E-state index is 13.2. The van der Waals surface area contributed by atoms with Crippen molar-refractivity contribution in [3.8, 4) is 10.7 Å². The van der Waals surface area contributed by atoms with Crippen LogP contribution in [0.15, 0.2) is 45.5 Å². The molecule has 29 heavy (non-hydrogen) atoms. The second-order valence-corrected chi connectivity index (χ2v) is 9.16. The molecule has 0 N–H and O–H groups in total. The summed E-state index contributed by atoms with van der Waals surface area (Å²) in [5.74, 6) is 2.10. The van der Waals surface area contributed by atoms with Gasteiger partial charge in [-0.1, -0.05) is 17.8 Å². The summed E-state index contributed by atoms with van der Waals surface area (Å²) < 4.78 is 7.47. The molecule has 0 atom stereocenters. The first-order valence-electron chi connectivity index (χ1n) is 9.68. The SMILES string of the molecule is CN1CCC(N(Cc2ccco2)C(=O)CSc2nnc(-c3cccs3)n2C)CC1. The summed E-state index contributed by atoms with van der Waals surface area (Å²) in [4.78, 5) is 18.5. The van der Waals surface area contributed by atoms with Crippen LogP contribution in [0.5, 0.6) is 0 Å². The highest BCUT2D eigenvalue weighted by atomic mass is 32.2. The summed E-state index contributed by atoms with van der Waals surface area (Å²) in [5, 5.41) is 11.4. The van der Waals surface area contributed by atoms with Crippen LogP contribution < -0.4 is 0 Å². The molecule has 7 nitrogen and oxygen atoms in total. The zero-order valence-electron chi connectivity index (χ0n) is 16.7. The van der Waals surface area contributed by atoms with Gasteiger partial charge in [0.2, 0.25) is 5.91 Å². The third-order valence-electron chi connectivity index (χ3n) is 5.26. The second kappa shape index (κ2) is 9.15. The number of thiophene rings is 1. The van der Waals surface area contributed by atoms with E-state index in [1.807, 2.05) is 46.2 Å². The molecule has 0 unspecified atom stereocenters. The number of furan rings is 1. The van der Waals surface area contributed by atoms with Gasteiger partial charge < -0.3 is 18.8 Å². The van der Waals surface area contributed by atoms with Crippen LogP contribution in [0.2, 0.25) is 0 Å². The first kappa shape index (κ1) is 20.2. The van der Waals surface area contributed by atoms with Crippen LogP contribution in [0.1, 0.15) is 18.6 Å². The average Bonchev–Trinajstić information content (AvgIpc) is 3.48. The standard InChI is InChI=1S/C20H25N5O2S2/c1-23-9-7-15(8-10-23)25(13-16-5-3-11-27-16)18(26)14-29-20-22-21-19(24(20)2)17-6-4-12-28-17/h3-6,11-12,15H,7-10,13-14H2,1-2H3. The molecule has 9 heteroatoms. The van der Waals surface area contributed by atoms with Crippen LogP contribution in [0.3, 0.4) is 0 Å². The summed E-state index contributed by atoms with van der Waals surface area (Å²) in [5.41, 5.74) is 0. The minimum absolute atomic E-state index is 0.113. The molecule has 0 saturated carbocycles. The Kier molecular flexibility index (Phi) is 6.37. The van der Waals surface area contributed by atoms with Crippen molar-refractivity contribution < 1.29 is 9.21 Å². The van der Waals surface area contributed by atoms with Gasteiger partial charge in [0.1, 0.15) is 5.76 Å². The monoisotopic (exact) mass is 431 g/mol. The van der Waals surface area contributed by atoms with E-state index >= 15 is 0 Å². The molecule has 1 fully saturated rings. The van der Waals surface area contributed by atoms with Gasteiger partial charge >= 0.3 is 0 Å². The molecule has 4 heterocycles. The zero-order valence-corrected chi connectivity index (χ0v) is 18.3. The van der Waals surface area contributed by atoms with Gasteiger partial charge in [0.05, 0.1) is 23.4 Å². The maximum Gasteiger partial charge on any atom is 0.233 e. The number of thioether (sulfide) groups is 1. The van der Waals surface area contributed by atoms with Gasteiger partial charge in [0.25, 0.3) is 0 Å². The highest BCUT2D eigenvalue weighted by Crippen LogP contribution is 2.27. The van der Waals surface area contributed by atoms with E-state index in [-0.39, 0.29) is 11.9 Å². The van der Waals surface area contributed by atoms with Crippen molar-refractivity contribution in [3.63, 3.8) is 0 Å². The van der Waals surface area contributed by atoms with Crippen LogP contribution in [-0.2, 0) is 18.4 Å². The normalized spacial score (nSPS) is 15.7. The Bertz CT molecular complexity index is 915. The predicted molar refractivity (Wildman–Crippen MR) is 115 cm³/mol. The quantitative estimate of drug-likeness (QED) is 0.535. The van der Waals surface area contributed by atoms with Gasteiger partial charge in [0, 0.05) is 13.1 Å².